The standard InChI is InChI=1S/C31H39N3O/c1-33-20-9-13-25-11-8-12-26(23-25)14-10-21-34-22-19-29(24-34)31(30(32)35,27-15-4-2-5-16-27)28-17-6-3-7-18-28/h2-8,11-12,15-18,23,29,33H,9-10,13-14,19-22,24H2,1H3,(H2,32,35)/t29-/m1/s1. The zero-order chi connectivity index (χ0) is 24.5. The van der Waals surface area contributed by atoms with E-state index in [1.165, 1.54) is 17.5 Å². The van der Waals surface area contributed by atoms with Crippen LogP contribution in [-0.2, 0) is 23.1 Å². The number of nitrogens with zero attached hydrogens (tertiary/aromatic N) is 1. The van der Waals surface area contributed by atoms with E-state index in [1.54, 1.807) is 0 Å². The van der Waals surface area contributed by atoms with Crippen LogP contribution < -0.4 is 11.1 Å². The SMILES string of the molecule is CNCCCc1cccc(CCCN2CC[C@@H](C(C(N)=O)(c3ccccc3)c3ccccc3)C2)c1. The van der Waals surface area contributed by atoms with Crippen molar-refractivity contribution in [3.63, 3.8) is 0 Å². The molecule has 4 rings (SSSR count). The van der Waals surface area contributed by atoms with Gasteiger partial charge in [-0.15, -0.1) is 0 Å². The van der Waals surface area contributed by atoms with Gasteiger partial charge >= 0.3 is 0 Å². The number of hydrogen-bond acceptors (Lipinski definition) is 3. The molecule has 1 aliphatic heterocycles. The summed E-state index contributed by atoms with van der Waals surface area (Å²) in [4.78, 5) is 15.8. The molecule has 0 saturated carbocycles. The molecule has 184 valence electrons. The zero-order valence-electron chi connectivity index (χ0n) is 21.0. The van der Waals surface area contributed by atoms with Crippen LogP contribution in [0.1, 0.15) is 41.5 Å². The molecule has 1 amide bonds. The molecule has 1 aliphatic rings. The summed E-state index contributed by atoms with van der Waals surface area (Å²) < 4.78 is 0. The van der Waals surface area contributed by atoms with E-state index in [-0.39, 0.29) is 11.8 Å². The fourth-order valence-corrected chi connectivity index (χ4v) is 5.83. The van der Waals surface area contributed by atoms with Gasteiger partial charge in [-0.1, -0.05) is 84.9 Å². The van der Waals surface area contributed by atoms with Gasteiger partial charge in [0.1, 0.15) is 5.41 Å². The Morgan fingerprint density at radius 1 is 0.914 bits per heavy atom. The van der Waals surface area contributed by atoms with Crippen LogP contribution in [-0.4, -0.2) is 44.0 Å². The predicted octanol–water partition coefficient (Wildman–Crippen LogP) is 4.56. The lowest BCUT2D eigenvalue weighted by molar-refractivity contribution is -0.123. The van der Waals surface area contributed by atoms with Crippen molar-refractivity contribution in [3.8, 4) is 0 Å². The number of nitrogens with two attached hydrogens (primary N) is 1. The molecule has 0 radical (unpaired) electrons. The Morgan fingerprint density at radius 3 is 2.09 bits per heavy atom. The minimum absolute atomic E-state index is 0.153. The smallest absolute Gasteiger partial charge is 0.232 e. The average Bonchev–Trinajstić information content (AvgIpc) is 3.35. The summed E-state index contributed by atoms with van der Waals surface area (Å²) in [6.45, 7) is 3.98. The topological polar surface area (TPSA) is 58.4 Å². The molecule has 4 heteroatoms. The molecule has 1 atom stereocenters. The van der Waals surface area contributed by atoms with Crippen molar-refractivity contribution >= 4 is 5.91 Å². The van der Waals surface area contributed by atoms with Crippen molar-refractivity contribution in [3.05, 3.63) is 107 Å². The number of aryl methyl sites for hydroxylation is 2. The van der Waals surface area contributed by atoms with Crippen LogP contribution >= 0.6 is 0 Å². The van der Waals surface area contributed by atoms with Crippen LogP contribution in [0.3, 0.4) is 0 Å². The van der Waals surface area contributed by atoms with Crippen molar-refractivity contribution in [1.29, 1.82) is 0 Å². The van der Waals surface area contributed by atoms with E-state index < -0.39 is 5.41 Å². The van der Waals surface area contributed by atoms with Crippen molar-refractivity contribution in [2.75, 3.05) is 33.2 Å². The lowest BCUT2D eigenvalue weighted by atomic mass is 9.64. The minimum atomic E-state index is -0.807. The van der Waals surface area contributed by atoms with Crippen LogP contribution in [0.15, 0.2) is 84.9 Å². The normalized spacial score (nSPS) is 16.4. The van der Waals surface area contributed by atoms with Crippen LogP contribution in [0.4, 0.5) is 0 Å². The van der Waals surface area contributed by atoms with Gasteiger partial charge in [0.05, 0.1) is 0 Å². The molecule has 0 bridgehead atoms. The molecule has 3 N–H and O–H groups in total. The number of hydrogen-bond donors (Lipinski definition) is 2. The first-order valence-electron chi connectivity index (χ1n) is 13.0. The summed E-state index contributed by atoms with van der Waals surface area (Å²) in [6, 6.07) is 29.3. The molecule has 0 aliphatic carbocycles. The molecule has 1 fully saturated rings. The Bertz CT molecular complexity index is 1030. The molecule has 0 spiro atoms. The minimum Gasteiger partial charge on any atom is -0.369 e. The highest BCUT2D eigenvalue weighted by atomic mass is 16.1. The first kappa shape index (κ1) is 25.2. The van der Waals surface area contributed by atoms with Crippen LogP contribution in [0.5, 0.6) is 0 Å². The molecule has 35 heavy (non-hydrogen) atoms. The highest BCUT2D eigenvalue weighted by molar-refractivity contribution is 5.91. The number of primary amides is 1. The maximum Gasteiger partial charge on any atom is 0.232 e. The van der Waals surface area contributed by atoms with E-state index in [0.717, 1.165) is 63.0 Å². The van der Waals surface area contributed by atoms with Gasteiger partial charge in [0.25, 0.3) is 0 Å². The second kappa shape index (κ2) is 12.1. The number of nitrogens with one attached hydrogen (secondary N) is 1. The van der Waals surface area contributed by atoms with Gasteiger partial charge in [-0.3, -0.25) is 4.79 Å². The zero-order valence-corrected chi connectivity index (χ0v) is 21.0. The second-order valence-corrected chi connectivity index (χ2v) is 9.82. The summed E-state index contributed by atoms with van der Waals surface area (Å²) in [5.74, 6) is -0.0999. The van der Waals surface area contributed by atoms with Gasteiger partial charge in [-0.25, -0.2) is 0 Å². The fourth-order valence-electron chi connectivity index (χ4n) is 5.83. The predicted molar refractivity (Wildman–Crippen MR) is 144 cm³/mol. The van der Waals surface area contributed by atoms with Gasteiger partial charge in [-0.2, -0.15) is 0 Å². The van der Waals surface area contributed by atoms with Crippen molar-refractivity contribution in [2.24, 2.45) is 11.7 Å². The number of amides is 1. The first-order valence-corrected chi connectivity index (χ1v) is 13.0. The Morgan fingerprint density at radius 2 is 1.51 bits per heavy atom. The highest BCUT2D eigenvalue weighted by Gasteiger charge is 2.49. The molecule has 0 unspecified atom stereocenters. The molecule has 0 aromatic heterocycles. The van der Waals surface area contributed by atoms with E-state index in [1.807, 2.05) is 43.4 Å². The second-order valence-electron chi connectivity index (χ2n) is 9.82. The number of carbonyl (C=O) groups excluding carboxylic acids is 1. The third-order valence-corrected chi connectivity index (χ3v) is 7.56. The van der Waals surface area contributed by atoms with E-state index >= 15 is 0 Å². The van der Waals surface area contributed by atoms with Gasteiger partial charge < -0.3 is 16.0 Å². The Labute approximate surface area is 210 Å². The average molecular weight is 470 g/mol. The number of carbonyl (C=O) groups is 1. The highest BCUT2D eigenvalue weighted by Crippen LogP contribution is 2.43. The first-order chi connectivity index (χ1) is 17.1. The quantitative estimate of drug-likeness (QED) is 0.382. The Balaban J connectivity index is 1.43. The Kier molecular flexibility index (Phi) is 8.73. The molecule has 1 heterocycles. The number of likely N-dealkylation sites (tertiary alicyclic amines) is 1. The van der Waals surface area contributed by atoms with Crippen molar-refractivity contribution in [1.82, 2.24) is 10.2 Å². The van der Waals surface area contributed by atoms with Crippen LogP contribution in [0.2, 0.25) is 0 Å². The molecular weight excluding hydrogens is 430 g/mol. The number of benzene rings is 3. The molecule has 1 saturated heterocycles. The van der Waals surface area contributed by atoms with Gasteiger partial charge in [0, 0.05) is 6.54 Å². The van der Waals surface area contributed by atoms with Crippen molar-refractivity contribution < 1.29 is 4.79 Å². The van der Waals surface area contributed by atoms with Crippen LogP contribution in [0.25, 0.3) is 0 Å². The summed E-state index contributed by atoms with van der Waals surface area (Å²) in [5.41, 5.74) is 10.3. The molecule has 4 nitrogen and oxygen atoms in total. The fraction of sp³-hybridized carbons (Fsp3) is 0.387. The lowest BCUT2D eigenvalue weighted by Crippen LogP contribution is -2.49. The maximum atomic E-state index is 13.2. The van der Waals surface area contributed by atoms with Gasteiger partial charge in [0.15, 0.2) is 0 Å². The van der Waals surface area contributed by atoms with Gasteiger partial charge in [0.2, 0.25) is 5.91 Å². The van der Waals surface area contributed by atoms with Gasteiger partial charge in [-0.05, 0) is 87.0 Å². The van der Waals surface area contributed by atoms with E-state index in [2.05, 4.69) is 58.7 Å². The van der Waals surface area contributed by atoms with E-state index in [9.17, 15) is 4.79 Å². The number of rotatable bonds is 12. The third-order valence-electron chi connectivity index (χ3n) is 7.56. The maximum absolute atomic E-state index is 13.2. The third kappa shape index (κ3) is 5.83. The molecule has 3 aromatic rings. The summed E-state index contributed by atoms with van der Waals surface area (Å²) in [7, 11) is 2.01. The monoisotopic (exact) mass is 469 g/mol. The van der Waals surface area contributed by atoms with Crippen molar-refractivity contribution in [2.45, 2.75) is 37.5 Å². The molecule has 3 aromatic carbocycles. The van der Waals surface area contributed by atoms with E-state index in [4.69, 9.17) is 5.73 Å². The summed E-state index contributed by atoms with van der Waals surface area (Å²) >= 11 is 0. The van der Waals surface area contributed by atoms with Crippen LogP contribution in [0, 0.1) is 5.92 Å². The van der Waals surface area contributed by atoms with E-state index in [0.29, 0.717) is 0 Å². The molecular formula is C31H39N3O. The summed E-state index contributed by atoms with van der Waals surface area (Å²) in [5, 5.41) is 3.23. The summed E-state index contributed by atoms with van der Waals surface area (Å²) in [6.07, 6.45) is 5.45. The largest absolute Gasteiger partial charge is 0.369 e. The Hall–Kier alpha value is -2.95. The lowest BCUT2D eigenvalue weighted by Gasteiger charge is -2.37.